The molecule has 1 N–H and O–H groups in total. The summed E-state index contributed by atoms with van der Waals surface area (Å²) in [4.78, 5) is 18.5. The standard InChI is InChI=1S/C21H25N5O/c1-2-25-14-23-24-20(25)17-12-26(13-21(17)8-5-9-21)19(27)10-15-11-22-18-7-4-3-6-16(15)18/h3-4,6-7,11,14,17,22H,2,5,8-10,12-13H2,1H3. The maximum Gasteiger partial charge on any atom is 0.227 e. The average molecular weight is 363 g/mol. The summed E-state index contributed by atoms with van der Waals surface area (Å²) in [6, 6.07) is 8.17. The van der Waals surface area contributed by atoms with E-state index >= 15 is 0 Å². The molecule has 3 aromatic rings. The number of rotatable bonds is 4. The van der Waals surface area contributed by atoms with E-state index in [2.05, 4.69) is 43.7 Å². The Labute approximate surface area is 158 Å². The lowest BCUT2D eigenvalue weighted by Crippen LogP contribution is -2.38. The van der Waals surface area contributed by atoms with Crippen molar-refractivity contribution in [3.63, 3.8) is 0 Å². The Morgan fingerprint density at radius 3 is 2.96 bits per heavy atom. The molecule has 1 saturated heterocycles. The minimum Gasteiger partial charge on any atom is -0.361 e. The Balaban J connectivity index is 1.39. The highest BCUT2D eigenvalue weighted by atomic mass is 16.2. The Bertz CT molecular complexity index is 983. The molecule has 2 fully saturated rings. The molecule has 3 heterocycles. The molecule has 1 aromatic carbocycles. The molecule has 1 aliphatic heterocycles. The molecule has 27 heavy (non-hydrogen) atoms. The number of para-hydroxylation sites is 1. The first-order valence-electron chi connectivity index (χ1n) is 9.91. The van der Waals surface area contributed by atoms with Gasteiger partial charge in [-0.25, -0.2) is 0 Å². The molecule has 2 aromatic heterocycles. The van der Waals surface area contributed by atoms with Gasteiger partial charge >= 0.3 is 0 Å². The fraction of sp³-hybridized carbons (Fsp3) is 0.476. The van der Waals surface area contributed by atoms with E-state index in [1.54, 1.807) is 0 Å². The summed E-state index contributed by atoms with van der Waals surface area (Å²) in [6.45, 7) is 4.61. The number of nitrogens with one attached hydrogen (secondary N) is 1. The number of likely N-dealkylation sites (tertiary alicyclic amines) is 1. The van der Waals surface area contributed by atoms with Gasteiger partial charge in [0.25, 0.3) is 0 Å². The molecule has 140 valence electrons. The van der Waals surface area contributed by atoms with Crippen molar-refractivity contribution in [1.29, 1.82) is 0 Å². The van der Waals surface area contributed by atoms with Gasteiger partial charge in [-0.2, -0.15) is 0 Å². The summed E-state index contributed by atoms with van der Waals surface area (Å²) in [5.74, 6) is 1.58. The lowest BCUT2D eigenvalue weighted by atomic mass is 9.62. The van der Waals surface area contributed by atoms with Gasteiger partial charge in [-0.15, -0.1) is 10.2 Å². The largest absolute Gasteiger partial charge is 0.361 e. The van der Waals surface area contributed by atoms with E-state index in [1.165, 1.54) is 19.3 Å². The van der Waals surface area contributed by atoms with Crippen LogP contribution in [-0.2, 0) is 17.8 Å². The van der Waals surface area contributed by atoms with E-state index in [0.29, 0.717) is 12.3 Å². The van der Waals surface area contributed by atoms with Crippen molar-refractivity contribution in [3.8, 4) is 0 Å². The summed E-state index contributed by atoms with van der Waals surface area (Å²) in [6.07, 6.45) is 7.87. The summed E-state index contributed by atoms with van der Waals surface area (Å²) < 4.78 is 2.14. The second-order valence-corrected chi connectivity index (χ2v) is 8.05. The molecule has 2 aliphatic rings. The van der Waals surface area contributed by atoms with Gasteiger partial charge in [-0.3, -0.25) is 4.79 Å². The molecular formula is C21H25N5O. The van der Waals surface area contributed by atoms with E-state index in [-0.39, 0.29) is 11.3 Å². The fourth-order valence-corrected chi connectivity index (χ4v) is 4.98. The number of hydrogen-bond acceptors (Lipinski definition) is 3. The number of fused-ring (bicyclic) bond motifs is 1. The number of hydrogen-bond donors (Lipinski definition) is 1. The van der Waals surface area contributed by atoms with Gasteiger partial charge in [-0.1, -0.05) is 24.6 Å². The molecule has 1 amide bonds. The van der Waals surface area contributed by atoms with E-state index in [4.69, 9.17) is 0 Å². The second kappa shape index (κ2) is 6.22. The Hall–Kier alpha value is -2.63. The third-order valence-corrected chi connectivity index (χ3v) is 6.66. The number of carbonyl (C=O) groups is 1. The lowest BCUT2D eigenvalue weighted by Gasteiger charge is -2.42. The SMILES string of the molecule is CCn1cnnc1C1CN(C(=O)Cc2c[nH]c3ccccc23)CC12CCC2. The average Bonchev–Trinajstić information content (AvgIpc) is 3.37. The van der Waals surface area contributed by atoms with Crippen molar-refractivity contribution in [2.24, 2.45) is 5.41 Å². The molecule has 1 unspecified atom stereocenters. The number of H-pyrrole nitrogens is 1. The van der Waals surface area contributed by atoms with E-state index in [1.807, 2.05) is 24.7 Å². The second-order valence-electron chi connectivity index (χ2n) is 8.05. The van der Waals surface area contributed by atoms with Gasteiger partial charge in [0.1, 0.15) is 12.2 Å². The highest BCUT2D eigenvalue weighted by molar-refractivity contribution is 5.89. The van der Waals surface area contributed by atoms with Crippen LogP contribution in [0.15, 0.2) is 36.8 Å². The third kappa shape index (κ3) is 2.58. The predicted octanol–water partition coefficient (Wildman–Crippen LogP) is 3.12. The van der Waals surface area contributed by atoms with E-state index in [9.17, 15) is 4.79 Å². The highest BCUT2D eigenvalue weighted by Crippen LogP contribution is 2.55. The first-order valence-corrected chi connectivity index (χ1v) is 9.91. The molecule has 1 aliphatic carbocycles. The Kier molecular flexibility index (Phi) is 3.81. The number of aromatic amines is 1. The molecule has 6 heteroatoms. The van der Waals surface area contributed by atoms with Crippen molar-refractivity contribution < 1.29 is 4.79 Å². The zero-order valence-corrected chi connectivity index (χ0v) is 15.7. The van der Waals surface area contributed by atoms with Gasteiger partial charge in [0.15, 0.2) is 0 Å². The summed E-state index contributed by atoms with van der Waals surface area (Å²) in [5, 5.41) is 9.70. The van der Waals surface area contributed by atoms with Gasteiger partial charge in [-0.05, 0) is 36.8 Å². The van der Waals surface area contributed by atoms with Crippen molar-refractivity contribution in [2.75, 3.05) is 13.1 Å². The van der Waals surface area contributed by atoms with Crippen LogP contribution in [0.25, 0.3) is 10.9 Å². The molecule has 1 saturated carbocycles. The predicted molar refractivity (Wildman–Crippen MR) is 103 cm³/mol. The molecular weight excluding hydrogens is 338 g/mol. The van der Waals surface area contributed by atoms with Crippen LogP contribution in [-0.4, -0.2) is 43.6 Å². The van der Waals surface area contributed by atoms with Crippen LogP contribution in [0.2, 0.25) is 0 Å². The van der Waals surface area contributed by atoms with Crippen LogP contribution in [0.3, 0.4) is 0 Å². The molecule has 5 rings (SSSR count). The van der Waals surface area contributed by atoms with Crippen LogP contribution in [0, 0.1) is 5.41 Å². The van der Waals surface area contributed by atoms with Crippen molar-refractivity contribution in [1.82, 2.24) is 24.6 Å². The van der Waals surface area contributed by atoms with Gasteiger partial charge in [0, 0.05) is 42.7 Å². The highest BCUT2D eigenvalue weighted by Gasteiger charge is 2.53. The van der Waals surface area contributed by atoms with Crippen LogP contribution < -0.4 is 0 Å². The summed E-state index contributed by atoms with van der Waals surface area (Å²) >= 11 is 0. The topological polar surface area (TPSA) is 66.8 Å². The normalized spacial score (nSPS) is 21.1. The van der Waals surface area contributed by atoms with Crippen LogP contribution in [0.5, 0.6) is 0 Å². The Morgan fingerprint density at radius 2 is 2.19 bits per heavy atom. The summed E-state index contributed by atoms with van der Waals surface area (Å²) in [5.41, 5.74) is 2.38. The monoisotopic (exact) mass is 363 g/mol. The zero-order valence-electron chi connectivity index (χ0n) is 15.7. The van der Waals surface area contributed by atoms with Gasteiger partial charge in [0.2, 0.25) is 5.91 Å². The van der Waals surface area contributed by atoms with E-state index in [0.717, 1.165) is 41.9 Å². The van der Waals surface area contributed by atoms with Crippen molar-refractivity contribution in [2.45, 2.75) is 45.1 Å². The zero-order chi connectivity index (χ0) is 18.4. The fourth-order valence-electron chi connectivity index (χ4n) is 4.98. The minimum atomic E-state index is 0.204. The van der Waals surface area contributed by atoms with Crippen molar-refractivity contribution in [3.05, 3.63) is 48.2 Å². The number of nitrogens with zero attached hydrogens (tertiary/aromatic N) is 4. The molecule has 1 spiro atoms. The maximum absolute atomic E-state index is 13.1. The minimum absolute atomic E-state index is 0.204. The summed E-state index contributed by atoms with van der Waals surface area (Å²) in [7, 11) is 0. The maximum atomic E-state index is 13.1. The molecule has 6 nitrogen and oxygen atoms in total. The smallest absolute Gasteiger partial charge is 0.227 e. The number of carbonyl (C=O) groups excluding carboxylic acids is 1. The number of amides is 1. The quantitative estimate of drug-likeness (QED) is 0.774. The molecule has 0 radical (unpaired) electrons. The van der Waals surface area contributed by atoms with E-state index < -0.39 is 0 Å². The van der Waals surface area contributed by atoms with Gasteiger partial charge < -0.3 is 14.5 Å². The lowest BCUT2D eigenvalue weighted by molar-refractivity contribution is -0.130. The molecule has 1 atom stereocenters. The van der Waals surface area contributed by atoms with Gasteiger partial charge in [0.05, 0.1) is 6.42 Å². The Morgan fingerprint density at radius 1 is 1.33 bits per heavy atom. The van der Waals surface area contributed by atoms with Crippen LogP contribution >= 0.6 is 0 Å². The van der Waals surface area contributed by atoms with Crippen LogP contribution in [0.4, 0.5) is 0 Å². The van der Waals surface area contributed by atoms with Crippen molar-refractivity contribution >= 4 is 16.8 Å². The first-order chi connectivity index (χ1) is 13.2. The first kappa shape index (κ1) is 16.5. The molecule has 0 bridgehead atoms. The number of benzene rings is 1. The number of aromatic nitrogens is 4. The third-order valence-electron chi connectivity index (χ3n) is 6.66. The van der Waals surface area contributed by atoms with Crippen LogP contribution in [0.1, 0.15) is 43.5 Å². The number of aryl methyl sites for hydroxylation is 1.